The lowest BCUT2D eigenvalue weighted by Crippen LogP contribution is -2.58. The van der Waals surface area contributed by atoms with Gasteiger partial charge in [0, 0.05) is 6.04 Å². The summed E-state index contributed by atoms with van der Waals surface area (Å²) in [7, 11) is 0. The Morgan fingerprint density at radius 1 is 1.00 bits per heavy atom. The molecule has 0 aromatic heterocycles. The van der Waals surface area contributed by atoms with Crippen molar-refractivity contribution < 1.29 is 0 Å². The van der Waals surface area contributed by atoms with Crippen LogP contribution in [0.25, 0.3) is 0 Å². The molecule has 4 rings (SSSR count). The van der Waals surface area contributed by atoms with Crippen LogP contribution in [0.1, 0.15) is 57.8 Å². The number of nitrogens with two attached hydrogens (primary N) is 2. The minimum absolute atomic E-state index is 0.303. The van der Waals surface area contributed by atoms with E-state index in [0.29, 0.717) is 18.0 Å². The molecule has 0 bridgehead atoms. The van der Waals surface area contributed by atoms with Crippen LogP contribution in [-0.4, -0.2) is 23.6 Å². The van der Waals surface area contributed by atoms with Gasteiger partial charge in [-0.15, -0.1) is 0 Å². The predicted octanol–water partition coefficient (Wildman–Crippen LogP) is 3.15. The third-order valence-electron chi connectivity index (χ3n) is 5.71. The van der Waals surface area contributed by atoms with E-state index in [9.17, 15) is 0 Å². The highest BCUT2D eigenvalue weighted by Gasteiger charge is 2.43. The summed E-state index contributed by atoms with van der Waals surface area (Å²) in [6.45, 7) is 0. The third-order valence-corrected chi connectivity index (χ3v) is 5.71. The van der Waals surface area contributed by atoms with E-state index >= 15 is 0 Å². The molecule has 1 aromatic rings. The smallest absolute Gasteiger partial charge is 0.220 e. The highest BCUT2D eigenvalue weighted by atomic mass is 15.4. The van der Waals surface area contributed by atoms with Crippen molar-refractivity contribution in [2.45, 2.75) is 69.5 Å². The molecular weight excluding hydrogens is 312 g/mol. The summed E-state index contributed by atoms with van der Waals surface area (Å²) in [5.74, 6) is 0.756. The molecule has 2 aliphatic carbocycles. The Kier molecular flexibility index (Phi) is 4.27. The van der Waals surface area contributed by atoms with Crippen LogP contribution in [0, 0.1) is 0 Å². The number of anilines is 2. The molecular formula is C19H28N6. The first-order valence-corrected chi connectivity index (χ1v) is 9.53. The Labute approximate surface area is 149 Å². The predicted molar refractivity (Wildman–Crippen MR) is 104 cm³/mol. The number of guanidine groups is 2. The maximum atomic E-state index is 6.37. The first kappa shape index (κ1) is 16.2. The second kappa shape index (κ2) is 6.58. The van der Waals surface area contributed by atoms with Crippen LogP contribution in [0.15, 0.2) is 34.3 Å². The molecule has 1 heterocycles. The number of hydrogen-bond acceptors (Lipinski definition) is 6. The number of aliphatic imine (C=N–C) groups is 2. The summed E-state index contributed by atoms with van der Waals surface area (Å²) in [4.78, 5) is 11.2. The Bertz CT molecular complexity index is 683. The van der Waals surface area contributed by atoms with Crippen molar-refractivity contribution in [2.75, 3.05) is 10.2 Å². The van der Waals surface area contributed by atoms with Crippen LogP contribution < -0.4 is 21.7 Å². The topological polar surface area (TPSA) is 92.0 Å². The zero-order chi connectivity index (χ0) is 17.3. The quantitative estimate of drug-likeness (QED) is 0.788. The van der Waals surface area contributed by atoms with Crippen LogP contribution in [0.5, 0.6) is 0 Å². The molecule has 1 spiro atoms. The van der Waals surface area contributed by atoms with Crippen molar-refractivity contribution in [3.05, 3.63) is 24.3 Å². The van der Waals surface area contributed by atoms with Gasteiger partial charge in [-0.05, 0) is 50.7 Å². The first-order valence-electron chi connectivity index (χ1n) is 9.53. The highest BCUT2D eigenvalue weighted by Crippen LogP contribution is 2.42. The van der Waals surface area contributed by atoms with E-state index in [0.717, 1.165) is 37.1 Å². The number of nitrogens with one attached hydrogen (secondary N) is 1. The second-order valence-corrected chi connectivity index (χ2v) is 7.46. The molecule has 0 saturated heterocycles. The van der Waals surface area contributed by atoms with Gasteiger partial charge in [0.25, 0.3) is 0 Å². The molecule has 0 amide bonds. The standard InChI is InChI=1S/C19H28N6/c20-17-23-18(21)25(19(24-17)12-6-1-7-13-19)16-11-5-4-10-15(16)22-14-8-2-3-9-14/h4-5,10-11,14,22H,1-3,6-9,12-13H2,(H4,20,21,23,24). The summed E-state index contributed by atoms with van der Waals surface area (Å²) in [6, 6.07) is 8.93. The van der Waals surface area contributed by atoms with Gasteiger partial charge in [0.15, 0.2) is 0 Å². The number of rotatable bonds is 3. The van der Waals surface area contributed by atoms with Gasteiger partial charge >= 0.3 is 0 Å². The van der Waals surface area contributed by atoms with Gasteiger partial charge in [-0.25, -0.2) is 4.99 Å². The second-order valence-electron chi connectivity index (χ2n) is 7.46. The lowest BCUT2D eigenvalue weighted by atomic mass is 9.87. The Balaban J connectivity index is 1.72. The normalized spacial score (nSPS) is 23.4. The molecule has 1 aromatic carbocycles. The van der Waals surface area contributed by atoms with Crippen LogP contribution >= 0.6 is 0 Å². The molecule has 6 heteroatoms. The average molecular weight is 340 g/mol. The van der Waals surface area contributed by atoms with Crippen LogP contribution in [0.4, 0.5) is 11.4 Å². The molecule has 1 aliphatic heterocycles. The molecule has 0 atom stereocenters. The van der Waals surface area contributed by atoms with Gasteiger partial charge < -0.3 is 16.8 Å². The van der Waals surface area contributed by atoms with Gasteiger partial charge in [0.1, 0.15) is 5.66 Å². The SMILES string of the molecule is NC1=NC2(CCCCC2)N(c2ccccc2NC2CCCC2)C(N)=N1. The monoisotopic (exact) mass is 340 g/mol. The van der Waals surface area contributed by atoms with Crippen LogP contribution in [-0.2, 0) is 0 Å². The molecule has 25 heavy (non-hydrogen) atoms. The van der Waals surface area contributed by atoms with Gasteiger partial charge in [0.05, 0.1) is 11.4 Å². The van der Waals surface area contributed by atoms with Crippen molar-refractivity contribution in [2.24, 2.45) is 21.5 Å². The lowest BCUT2D eigenvalue weighted by Gasteiger charge is -2.46. The van der Waals surface area contributed by atoms with E-state index in [1.807, 2.05) is 0 Å². The molecule has 5 N–H and O–H groups in total. The van der Waals surface area contributed by atoms with E-state index in [1.54, 1.807) is 0 Å². The van der Waals surface area contributed by atoms with Crippen LogP contribution in [0.2, 0.25) is 0 Å². The van der Waals surface area contributed by atoms with Gasteiger partial charge in [-0.2, -0.15) is 4.99 Å². The van der Waals surface area contributed by atoms with E-state index in [4.69, 9.17) is 16.5 Å². The van der Waals surface area contributed by atoms with Crippen molar-refractivity contribution in [3.8, 4) is 0 Å². The number of nitrogens with zero attached hydrogens (tertiary/aromatic N) is 3. The zero-order valence-corrected chi connectivity index (χ0v) is 14.7. The molecule has 0 radical (unpaired) electrons. The van der Waals surface area contributed by atoms with Crippen molar-refractivity contribution in [1.82, 2.24) is 0 Å². The summed E-state index contributed by atoms with van der Waals surface area (Å²) in [6.07, 6.45) is 10.5. The summed E-state index contributed by atoms with van der Waals surface area (Å²) in [5, 5.41) is 3.73. The average Bonchev–Trinajstić information content (AvgIpc) is 3.09. The number of para-hydroxylation sites is 2. The van der Waals surface area contributed by atoms with Gasteiger partial charge in [-0.3, -0.25) is 4.90 Å². The number of benzene rings is 1. The van der Waals surface area contributed by atoms with E-state index in [1.165, 1.54) is 32.1 Å². The Morgan fingerprint density at radius 2 is 1.72 bits per heavy atom. The molecule has 134 valence electrons. The molecule has 2 saturated carbocycles. The van der Waals surface area contributed by atoms with Crippen LogP contribution in [0.3, 0.4) is 0 Å². The fourth-order valence-corrected chi connectivity index (χ4v) is 4.55. The van der Waals surface area contributed by atoms with Crippen molar-refractivity contribution >= 4 is 23.3 Å². The fourth-order valence-electron chi connectivity index (χ4n) is 4.55. The summed E-state index contributed by atoms with van der Waals surface area (Å²) < 4.78 is 0. The summed E-state index contributed by atoms with van der Waals surface area (Å²) in [5.41, 5.74) is 14.1. The van der Waals surface area contributed by atoms with Crippen molar-refractivity contribution in [3.63, 3.8) is 0 Å². The maximum Gasteiger partial charge on any atom is 0.220 e. The van der Waals surface area contributed by atoms with Gasteiger partial charge in [-0.1, -0.05) is 31.4 Å². The first-order chi connectivity index (χ1) is 12.2. The highest BCUT2D eigenvalue weighted by molar-refractivity contribution is 6.07. The molecule has 3 aliphatic rings. The van der Waals surface area contributed by atoms with Gasteiger partial charge in [0.2, 0.25) is 11.9 Å². The largest absolute Gasteiger partial charge is 0.381 e. The Hall–Kier alpha value is -2.24. The van der Waals surface area contributed by atoms with E-state index < -0.39 is 0 Å². The van der Waals surface area contributed by atoms with E-state index in [2.05, 4.69) is 39.5 Å². The Morgan fingerprint density at radius 3 is 2.48 bits per heavy atom. The lowest BCUT2D eigenvalue weighted by molar-refractivity contribution is 0.305. The summed E-state index contributed by atoms with van der Waals surface area (Å²) >= 11 is 0. The minimum atomic E-state index is -0.387. The minimum Gasteiger partial charge on any atom is -0.381 e. The molecule has 6 nitrogen and oxygen atoms in total. The van der Waals surface area contributed by atoms with Crippen molar-refractivity contribution in [1.29, 1.82) is 0 Å². The fraction of sp³-hybridized carbons (Fsp3) is 0.579. The third kappa shape index (κ3) is 3.05. The number of hydrogen-bond donors (Lipinski definition) is 3. The molecule has 2 fully saturated rings. The maximum absolute atomic E-state index is 6.37. The molecule has 0 unspecified atom stereocenters. The van der Waals surface area contributed by atoms with E-state index in [-0.39, 0.29) is 5.66 Å². The zero-order valence-electron chi connectivity index (χ0n) is 14.7.